The van der Waals surface area contributed by atoms with Crippen LogP contribution in [0.3, 0.4) is 0 Å². The van der Waals surface area contributed by atoms with Crippen LogP contribution in [0.2, 0.25) is 5.02 Å². The van der Waals surface area contributed by atoms with E-state index in [1.54, 1.807) is 24.3 Å². The molecule has 0 unspecified atom stereocenters. The van der Waals surface area contributed by atoms with Crippen molar-refractivity contribution in [2.45, 2.75) is 11.8 Å². The van der Waals surface area contributed by atoms with Gasteiger partial charge < -0.3 is 10.1 Å². The Kier molecular flexibility index (Phi) is 5.28. The maximum absolute atomic E-state index is 12.4. The maximum atomic E-state index is 12.4. The van der Waals surface area contributed by atoms with Gasteiger partial charge in [0.2, 0.25) is 0 Å². The predicted molar refractivity (Wildman–Crippen MR) is 90.1 cm³/mol. The van der Waals surface area contributed by atoms with Crippen LogP contribution in [0.5, 0.6) is 5.75 Å². The highest BCUT2D eigenvalue weighted by atomic mass is 35.5. The van der Waals surface area contributed by atoms with Crippen molar-refractivity contribution in [3.05, 3.63) is 53.1 Å². The summed E-state index contributed by atoms with van der Waals surface area (Å²) in [6.45, 7) is 2.31. The number of halogens is 1. The largest absolute Gasteiger partial charge is 0.492 e. The zero-order valence-electron chi connectivity index (χ0n) is 12.7. The molecule has 7 heteroatoms. The van der Waals surface area contributed by atoms with E-state index in [-0.39, 0.29) is 15.5 Å². The lowest BCUT2D eigenvalue weighted by Crippen LogP contribution is -2.14. The van der Waals surface area contributed by atoms with Gasteiger partial charge in [0.15, 0.2) is 9.84 Å². The molecule has 0 saturated heterocycles. The third-order valence-electron chi connectivity index (χ3n) is 3.03. The van der Waals surface area contributed by atoms with Crippen LogP contribution < -0.4 is 10.1 Å². The molecular formula is C16H16ClNO4S. The minimum Gasteiger partial charge on any atom is -0.492 e. The number of para-hydroxylation sites is 2. The van der Waals surface area contributed by atoms with Crippen molar-refractivity contribution >= 4 is 33.0 Å². The molecule has 0 saturated carbocycles. The fourth-order valence-electron chi connectivity index (χ4n) is 1.97. The van der Waals surface area contributed by atoms with Crippen LogP contribution in [0.1, 0.15) is 17.3 Å². The Labute approximate surface area is 140 Å². The van der Waals surface area contributed by atoms with Crippen molar-refractivity contribution in [2.24, 2.45) is 0 Å². The molecule has 0 aliphatic heterocycles. The molecule has 5 nitrogen and oxygen atoms in total. The Morgan fingerprint density at radius 2 is 1.91 bits per heavy atom. The number of carbonyl (C=O) groups excluding carboxylic acids is 1. The van der Waals surface area contributed by atoms with Gasteiger partial charge in [0.05, 0.1) is 22.2 Å². The molecule has 23 heavy (non-hydrogen) atoms. The third-order valence-corrected chi connectivity index (χ3v) is 4.61. The Balaban J connectivity index is 2.32. The quantitative estimate of drug-likeness (QED) is 0.894. The number of benzene rings is 2. The fraction of sp³-hybridized carbons (Fsp3) is 0.188. The topological polar surface area (TPSA) is 72.5 Å². The van der Waals surface area contributed by atoms with Crippen molar-refractivity contribution in [3.63, 3.8) is 0 Å². The molecule has 0 fully saturated rings. The van der Waals surface area contributed by atoms with Gasteiger partial charge in [0.25, 0.3) is 5.91 Å². The van der Waals surface area contributed by atoms with Crippen LogP contribution in [-0.2, 0) is 9.84 Å². The van der Waals surface area contributed by atoms with E-state index in [2.05, 4.69) is 5.32 Å². The Bertz CT molecular complexity index is 834. The van der Waals surface area contributed by atoms with Crippen molar-refractivity contribution in [2.75, 3.05) is 18.2 Å². The first kappa shape index (κ1) is 17.3. The molecule has 1 amide bonds. The summed E-state index contributed by atoms with van der Waals surface area (Å²) >= 11 is 5.88. The van der Waals surface area contributed by atoms with Gasteiger partial charge in [-0.05, 0) is 37.3 Å². The average molecular weight is 354 g/mol. The Morgan fingerprint density at radius 3 is 2.57 bits per heavy atom. The summed E-state index contributed by atoms with van der Waals surface area (Å²) in [5.74, 6) is 0.0966. The molecule has 2 rings (SSSR count). The predicted octanol–water partition coefficient (Wildman–Crippen LogP) is 3.39. The summed E-state index contributed by atoms with van der Waals surface area (Å²) in [7, 11) is -3.52. The number of hydrogen-bond donors (Lipinski definition) is 1. The zero-order valence-corrected chi connectivity index (χ0v) is 14.2. The van der Waals surface area contributed by atoms with Gasteiger partial charge in [-0.3, -0.25) is 4.79 Å². The fourth-order valence-corrected chi connectivity index (χ4v) is 3.28. The molecule has 0 aliphatic rings. The molecule has 0 aliphatic carbocycles. The lowest BCUT2D eigenvalue weighted by Gasteiger charge is -2.12. The first-order valence-electron chi connectivity index (χ1n) is 6.85. The van der Waals surface area contributed by atoms with Crippen molar-refractivity contribution in [1.82, 2.24) is 0 Å². The van der Waals surface area contributed by atoms with Gasteiger partial charge in [-0.1, -0.05) is 23.7 Å². The first-order valence-corrected chi connectivity index (χ1v) is 9.12. The lowest BCUT2D eigenvalue weighted by molar-refractivity contribution is 0.102. The van der Waals surface area contributed by atoms with Crippen LogP contribution in [0, 0.1) is 0 Å². The number of anilines is 1. The second kappa shape index (κ2) is 7.02. The summed E-state index contributed by atoms with van der Waals surface area (Å²) < 4.78 is 28.8. The molecule has 2 aromatic rings. The first-order chi connectivity index (χ1) is 10.8. The molecule has 1 N–H and O–H groups in total. The minimum atomic E-state index is -3.52. The number of sulfone groups is 1. The smallest absolute Gasteiger partial charge is 0.255 e. The summed E-state index contributed by atoms with van der Waals surface area (Å²) in [4.78, 5) is 12.3. The highest BCUT2D eigenvalue weighted by molar-refractivity contribution is 7.90. The van der Waals surface area contributed by atoms with E-state index < -0.39 is 15.7 Å². The van der Waals surface area contributed by atoms with E-state index in [0.29, 0.717) is 18.0 Å². The minimum absolute atomic E-state index is 0.0788. The second-order valence-corrected chi connectivity index (χ2v) is 7.19. The molecular weight excluding hydrogens is 338 g/mol. The van der Waals surface area contributed by atoms with Gasteiger partial charge in [0, 0.05) is 11.8 Å². The SMILES string of the molecule is CCOc1ccccc1NC(=O)c1ccc(Cl)c(S(C)(=O)=O)c1. The summed E-state index contributed by atoms with van der Waals surface area (Å²) in [5, 5.41) is 2.79. The monoisotopic (exact) mass is 353 g/mol. The van der Waals surface area contributed by atoms with Crippen molar-refractivity contribution < 1.29 is 17.9 Å². The summed E-state index contributed by atoms with van der Waals surface area (Å²) in [5.41, 5.74) is 0.705. The van der Waals surface area contributed by atoms with Crippen LogP contribution in [0.4, 0.5) is 5.69 Å². The molecule has 0 radical (unpaired) electrons. The number of hydrogen-bond acceptors (Lipinski definition) is 4. The Morgan fingerprint density at radius 1 is 1.22 bits per heavy atom. The molecule has 2 aromatic carbocycles. The van der Waals surface area contributed by atoms with Crippen LogP contribution >= 0.6 is 11.6 Å². The molecule has 0 aromatic heterocycles. The molecule has 0 spiro atoms. The van der Waals surface area contributed by atoms with E-state index in [0.717, 1.165) is 6.26 Å². The van der Waals surface area contributed by atoms with E-state index in [4.69, 9.17) is 16.3 Å². The molecule has 0 heterocycles. The van der Waals surface area contributed by atoms with Crippen molar-refractivity contribution in [3.8, 4) is 5.75 Å². The van der Waals surface area contributed by atoms with Gasteiger partial charge in [-0.25, -0.2) is 8.42 Å². The van der Waals surface area contributed by atoms with Crippen molar-refractivity contribution in [1.29, 1.82) is 0 Å². The van der Waals surface area contributed by atoms with E-state index >= 15 is 0 Å². The highest BCUT2D eigenvalue weighted by Gasteiger charge is 2.16. The average Bonchev–Trinajstić information content (AvgIpc) is 2.48. The van der Waals surface area contributed by atoms with Crippen LogP contribution in [0.15, 0.2) is 47.4 Å². The molecule has 0 atom stereocenters. The summed E-state index contributed by atoms with van der Waals surface area (Å²) in [6.07, 6.45) is 1.04. The normalized spacial score (nSPS) is 11.1. The van der Waals surface area contributed by atoms with E-state index in [1.807, 2.05) is 6.92 Å². The summed E-state index contributed by atoms with van der Waals surface area (Å²) in [6, 6.07) is 11.1. The van der Waals surface area contributed by atoms with Gasteiger partial charge in [-0.15, -0.1) is 0 Å². The zero-order chi connectivity index (χ0) is 17.0. The van der Waals surface area contributed by atoms with Gasteiger partial charge in [0.1, 0.15) is 5.75 Å². The lowest BCUT2D eigenvalue weighted by atomic mass is 10.2. The van der Waals surface area contributed by atoms with Gasteiger partial charge >= 0.3 is 0 Å². The second-order valence-electron chi connectivity index (χ2n) is 4.80. The van der Waals surface area contributed by atoms with E-state index in [9.17, 15) is 13.2 Å². The van der Waals surface area contributed by atoms with Crippen LogP contribution in [-0.4, -0.2) is 27.2 Å². The van der Waals surface area contributed by atoms with Gasteiger partial charge in [-0.2, -0.15) is 0 Å². The maximum Gasteiger partial charge on any atom is 0.255 e. The molecule has 0 bridgehead atoms. The number of ether oxygens (including phenoxy) is 1. The number of rotatable bonds is 5. The standard InChI is InChI=1S/C16H16ClNO4S/c1-3-22-14-7-5-4-6-13(14)18-16(19)11-8-9-12(17)15(10-11)23(2,20)21/h4-10H,3H2,1-2H3,(H,18,19). The van der Waals surface area contributed by atoms with E-state index in [1.165, 1.54) is 18.2 Å². The number of nitrogens with one attached hydrogen (secondary N) is 1. The number of carbonyl (C=O) groups is 1. The highest BCUT2D eigenvalue weighted by Crippen LogP contribution is 2.26. The molecule has 122 valence electrons. The van der Waals surface area contributed by atoms with Crippen LogP contribution in [0.25, 0.3) is 0 Å². The number of amides is 1. The third kappa shape index (κ3) is 4.24. The Hall–Kier alpha value is -2.05.